The van der Waals surface area contributed by atoms with Crippen LogP contribution in [0.4, 0.5) is 4.39 Å². The molecule has 2 aromatic carbocycles. The predicted molar refractivity (Wildman–Crippen MR) is 96.0 cm³/mol. The molecule has 0 aromatic heterocycles. The second kappa shape index (κ2) is 8.47. The van der Waals surface area contributed by atoms with E-state index in [-0.39, 0.29) is 22.0 Å². The first-order valence-electron chi connectivity index (χ1n) is 7.56. The molecule has 0 heterocycles. The topological polar surface area (TPSA) is 107 Å². The van der Waals surface area contributed by atoms with Crippen LogP contribution in [0, 0.1) is 5.82 Å². The molecule has 27 heavy (non-hydrogen) atoms. The van der Waals surface area contributed by atoms with Crippen molar-refractivity contribution in [1.29, 1.82) is 0 Å². The van der Waals surface area contributed by atoms with Gasteiger partial charge in [0.25, 0.3) is 5.91 Å². The predicted octanol–water partition coefficient (Wildman–Crippen LogP) is 1.94. The number of sulfonamides is 1. The maximum atomic E-state index is 13.6. The fraction of sp³-hybridized carbons (Fsp3) is 0.176. The highest BCUT2D eigenvalue weighted by Gasteiger charge is 2.19. The van der Waals surface area contributed by atoms with E-state index >= 15 is 0 Å². The quantitative estimate of drug-likeness (QED) is 0.727. The van der Waals surface area contributed by atoms with Crippen molar-refractivity contribution >= 4 is 33.5 Å². The minimum absolute atomic E-state index is 0.00921. The lowest BCUT2D eigenvalue weighted by atomic mass is 10.2. The van der Waals surface area contributed by atoms with Crippen LogP contribution < -0.4 is 5.14 Å². The van der Waals surface area contributed by atoms with Crippen molar-refractivity contribution in [3.05, 3.63) is 64.4 Å². The second-order valence-corrected chi connectivity index (χ2v) is 7.57. The van der Waals surface area contributed by atoms with Crippen LogP contribution in [-0.4, -0.2) is 38.8 Å². The Morgan fingerprint density at radius 2 is 1.89 bits per heavy atom. The van der Waals surface area contributed by atoms with Gasteiger partial charge in [0, 0.05) is 19.2 Å². The summed E-state index contributed by atoms with van der Waals surface area (Å²) in [6.07, 6.45) is 0. The number of likely N-dealkylation sites (N-methyl/N-ethyl adjacent to an activating group) is 1. The molecule has 0 radical (unpaired) electrons. The third-order valence-corrected chi connectivity index (χ3v) is 4.84. The highest BCUT2D eigenvalue weighted by Crippen LogP contribution is 2.21. The van der Waals surface area contributed by atoms with Crippen LogP contribution in [0.25, 0.3) is 0 Å². The number of carbonyl (C=O) groups is 2. The van der Waals surface area contributed by atoms with Gasteiger partial charge in [-0.25, -0.2) is 22.7 Å². The number of halogens is 2. The summed E-state index contributed by atoms with van der Waals surface area (Å²) in [7, 11) is -2.61. The van der Waals surface area contributed by atoms with Crippen molar-refractivity contribution in [3.8, 4) is 0 Å². The van der Waals surface area contributed by atoms with Crippen molar-refractivity contribution in [1.82, 2.24) is 4.90 Å². The number of hydrogen-bond donors (Lipinski definition) is 1. The van der Waals surface area contributed by atoms with Gasteiger partial charge in [0.1, 0.15) is 5.82 Å². The lowest BCUT2D eigenvalue weighted by Crippen LogP contribution is -2.31. The molecule has 0 fully saturated rings. The molecular weight excluding hydrogens is 399 g/mol. The zero-order chi connectivity index (χ0) is 20.2. The summed E-state index contributed by atoms with van der Waals surface area (Å²) in [4.78, 5) is 25.1. The van der Waals surface area contributed by atoms with Crippen molar-refractivity contribution < 1.29 is 27.1 Å². The van der Waals surface area contributed by atoms with E-state index in [0.29, 0.717) is 5.56 Å². The molecule has 2 rings (SSSR count). The molecule has 0 saturated heterocycles. The van der Waals surface area contributed by atoms with Gasteiger partial charge < -0.3 is 9.64 Å². The van der Waals surface area contributed by atoms with E-state index in [1.165, 1.54) is 36.2 Å². The maximum absolute atomic E-state index is 13.6. The first kappa shape index (κ1) is 20.8. The van der Waals surface area contributed by atoms with E-state index in [9.17, 15) is 22.4 Å². The normalized spacial score (nSPS) is 11.1. The van der Waals surface area contributed by atoms with E-state index in [2.05, 4.69) is 0 Å². The van der Waals surface area contributed by atoms with Gasteiger partial charge in [-0.2, -0.15) is 0 Å². The largest absolute Gasteiger partial charge is 0.452 e. The summed E-state index contributed by atoms with van der Waals surface area (Å²) < 4.78 is 41.2. The van der Waals surface area contributed by atoms with Crippen LogP contribution in [0.5, 0.6) is 0 Å². The van der Waals surface area contributed by atoms with Gasteiger partial charge in [-0.3, -0.25) is 4.79 Å². The van der Waals surface area contributed by atoms with Gasteiger partial charge in [-0.15, -0.1) is 0 Å². The van der Waals surface area contributed by atoms with E-state index < -0.39 is 34.3 Å². The third kappa shape index (κ3) is 5.49. The molecule has 0 saturated carbocycles. The highest BCUT2D eigenvalue weighted by atomic mass is 35.5. The Bertz CT molecular complexity index is 981. The first-order valence-corrected chi connectivity index (χ1v) is 9.49. The molecule has 0 aliphatic carbocycles. The Morgan fingerprint density at radius 3 is 2.52 bits per heavy atom. The first-order chi connectivity index (χ1) is 12.6. The van der Waals surface area contributed by atoms with Crippen molar-refractivity contribution in [3.63, 3.8) is 0 Å². The fourth-order valence-corrected chi connectivity index (χ4v) is 2.86. The van der Waals surface area contributed by atoms with E-state index in [1.807, 2.05) is 0 Å². The number of nitrogens with zero attached hydrogens (tertiary/aromatic N) is 1. The van der Waals surface area contributed by atoms with Gasteiger partial charge in [0.15, 0.2) is 6.61 Å². The number of primary sulfonamides is 1. The average molecular weight is 415 g/mol. The van der Waals surface area contributed by atoms with Gasteiger partial charge in [0.2, 0.25) is 10.0 Å². The number of ether oxygens (including phenoxy) is 1. The monoisotopic (exact) mass is 414 g/mol. The standard InChI is InChI=1S/C17H16ClFN2O5S/c1-21(9-11-4-2-3-5-15(11)19)16(22)10-26-17(23)13-8-12(27(20,24)25)6-7-14(13)18/h2-8H,9-10H2,1H3,(H2,20,24,25). The SMILES string of the molecule is CN(Cc1ccccc1F)C(=O)COC(=O)c1cc(S(N)(=O)=O)ccc1Cl. The highest BCUT2D eigenvalue weighted by molar-refractivity contribution is 7.89. The van der Waals surface area contributed by atoms with Gasteiger partial charge in [-0.05, 0) is 24.3 Å². The average Bonchev–Trinajstić information content (AvgIpc) is 2.60. The Balaban J connectivity index is 2.03. The molecule has 2 N–H and O–H groups in total. The summed E-state index contributed by atoms with van der Waals surface area (Å²) in [6.45, 7) is -0.634. The maximum Gasteiger partial charge on any atom is 0.340 e. The number of nitrogens with two attached hydrogens (primary N) is 1. The number of benzene rings is 2. The lowest BCUT2D eigenvalue weighted by Gasteiger charge is -2.17. The molecule has 0 atom stereocenters. The number of carbonyl (C=O) groups excluding carboxylic acids is 2. The van der Waals surface area contributed by atoms with E-state index in [4.69, 9.17) is 21.5 Å². The number of hydrogen-bond acceptors (Lipinski definition) is 5. The zero-order valence-corrected chi connectivity index (χ0v) is 15.8. The molecule has 0 aliphatic heterocycles. The van der Waals surface area contributed by atoms with Crippen LogP contribution >= 0.6 is 11.6 Å². The zero-order valence-electron chi connectivity index (χ0n) is 14.2. The Hall–Kier alpha value is -2.49. The number of rotatable bonds is 6. The fourth-order valence-electron chi connectivity index (χ4n) is 2.12. The van der Waals surface area contributed by atoms with Crippen LogP contribution in [0.2, 0.25) is 5.02 Å². The molecule has 1 amide bonds. The minimum atomic E-state index is -4.04. The molecular formula is C17H16ClFN2O5S. The van der Waals surface area contributed by atoms with Crippen LogP contribution in [0.1, 0.15) is 15.9 Å². The van der Waals surface area contributed by atoms with Gasteiger partial charge >= 0.3 is 5.97 Å². The van der Waals surface area contributed by atoms with Gasteiger partial charge in [0.05, 0.1) is 15.5 Å². The van der Waals surface area contributed by atoms with Crippen molar-refractivity contribution in [2.45, 2.75) is 11.4 Å². The smallest absolute Gasteiger partial charge is 0.340 e. The van der Waals surface area contributed by atoms with E-state index in [1.54, 1.807) is 6.07 Å². The van der Waals surface area contributed by atoms with Crippen molar-refractivity contribution in [2.75, 3.05) is 13.7 Å². The Morgan fingerprint density at radius 1 is 1.22 bits per heavy atom. The van der Waals surface area contributed by atoms with E-state index in [0.717, 1.165) is 12.1 Å². The molecule has 0 bridgehead atoms. The molecule has 144 valence electrons. The summed E-state index contributed by atoms with van der Waals surface area (Å²) in [5.74, 6) is -2.02. The summed E-state index contributed by atoms with van der Waals surface area (Å²) in [5.41, 5.74) is 0.0660. The summed E-state index contributed by atoms with van der Waals surface area (Å²) in [5, 5.41) is 4.95. The third-order valence-electron chi connectivity index (χ3n) is 3.60. The molecule has 0 unspecified atom stereocenters. The molecule has 0 aliphatic rings. The van der Waals surface area contributed by atoms with Crippen LogP contribution in [-0.2, 0) is 26.1 Å². The van der Waals surface area contributed by atoms with Crippen molar-refractivity contribution in [2.24, 2.45) is 5.14 Å². The Kier molecular flexibility index (Phi) is 6.53. The lowest BCUT2D eigenvalue weighted by molar-refractivity contribution is -0.133. The van der Waals surface area contributed by atoms with Crippen LogP contribution in [0.3, 0.4) is 0 Å². The Labute approximate surface area is 160 Å². The molecule has 10 heteroatoms. The van der Waals surface area contributed by atoms with Crippen LogP contribution in [0.15, 0.2) is 47.4 Å². The minimum Gasteiger partial charge on any atom is -0.452 e. The molecule has 2 aromatic rings. The summed E-state index contributed by atoms with van der Waals surface area (Å²) in [6, 6.07) is 9.26. The number of amides is 1. The number of esters is 1. The summed E-state index contributed by atoms with van der Waals surface area (Å²) >= 11 is 5.87. The van der Waals surface area contributed by atoms with Gasteiger partial charge in [-0.1, -0.05) is 29.8 Å². The second-order valence-electron chi connectivity index (χ2n) is 5.60. The molecule has 0 spiro atoms. The molecule has 7 nitrogen and oxygen atoms in total.